The van der Waals surface area contributed by atoms with E-state index in [-0.39, 0.29) is 6.04 Å². The maximum atomic E-state index is 11.0. The van der Waals surface area contributed by atoms with Crippen molar-refractivity contribution in [1.29, 1.82) is 0 Å². The molecule has 0 amide bonds. The van der Waals surface area contributed by atoms with Gasteiger partial charge in [0.2, 0.25) is 0 Å². The van der Waals surface area contributed by atoms with Crippen LogP contribution in [-0.4, -0.2) is 53.8 Å². The zero-order chi connectivity index (χ0) is 18.0. The fraction of sp³-hybridized carbons (Fsp3) is 0.389. The van der Waals surface area contributed by atoms with Crippen molar-refractivity contribution < 1.29 is 14.6 Å². The SMILES string of the molecule is COc1nc(C)cc(N2CCN(c3ccc(C(=O)O)cc3)C[C@@H]2C)n1. The normalized spacial score (nSPS) is 17.5. The molecule has 2 aromatic rings. The third kappa shape index (κ3) is 3.65. The van der Waals surface area contributed by atoms with Crippen LogP contribution in [0.3, 0.4) is 0 Å². The molecule has 2 heterocycles. The van der Waals surface area contributed by atoms with Gasteiger partial charge in [-0.1, -0.05) is 0 Å². The quantitative estimate of drug-likeness (QED) is 0.912. The van der Waals surface area contributed by atoms with Crippen molar-refractivity contribution in [3.8, 4) is 6.01 Å². The zero-order valence-electron chi connectivity index (χ0n) is 14.6. The number of piperazine rings is 1. The van der Waals surface area contributed by atoms with Gasteiger partial charge in [0, 0.05) is 43.1 Å². The minimum atomic E-state index is -0.905. The van der Waals surface area contributed by atoms with Gasteiger partial charge in [-0.2, -0.15) is 4.98 Å². The van der Waals surface area contributed by atoms with E-state index in [0.29, 0.717) is 11.6 Å². The number of anilines is 2. The van der Waals surface area contributed by atoms with Crippen LogP contribution >= 0.6 is 0 Å². The largest absolute Gasteiger partial charge is 0.478 e. The van der Waals surface area contributed by atoms with E-state index >= 15 is 0 Å². The van der Waals surface area contributed by atoms with E-state index < -0.39 is 5.97 Å². The minimum absolute atomic E-state index is 0.256. The van der Waals surface area contributed by atoms with Gasteiger partial charge in [-0.3, -0.25) is 0 Å². The van der Waals surface area contributed by atoms with E-state index in [1.807, 2.05) is 25.1 Å². The monoisotopic (exact) mass is 342 g/mol. The first-order valence-corrected chi connectivity index (χ1v) is 8.22. The summed E-state index contributed by atoms with van der Waals surface area (Å²) in [5.41, 5.74) is 2.22. The number of aryl methyl sites for hydroxylation is 1. The Morgan fingerprint density at radius 2 is 1.96 bits per heavy atom. The van der Waals surface area contributed by atoms with E-state index in [1.54, 1.807) is 19.2 Å². The highest BCUT2D eigenvalue weighted by Crippen LogP contribution is 2.24. The third-order valence-electron chi connectivity index (χ3n) is 4.40. The number of hydrogen-bond acceptors (Lipinski definition) is 6. The van der Waals surface area contributed by atoms with E-state index in [1.165, 1.54) is 0 Å². The minimum Gasteiger partial charge on any atom is -0.478 e. The van der Waals surface area contributed by atoms with Gasteiger partial charge in [0.15, 0.2) is 0 Å². The fourth-order valence-corrected chi connectivity index (χ4v) is 3.11. The van der Waals surface area contributed by atoms with Crippen molar-refractivity contribution in [3.63, 3.8) is 0 Å². The molecule has 1 aromatic heterocycles. The summed E-state index contributed by atoms with van der Waals surface area (Å²) in [5, 5.41) is 9.01. The van der Waals surface area contributed by atoms with Crippen LogP contribution in [-0.2, 0) is 0 Å². The van der Waals surface area contributed by atoms with Crippen LogP contribution in [0, 0.1) is 6.92 Å². The smallest absolute Gasteiger partial charge is 0.335 e. The molecule has 0 bridgehead atoms. The summed E-state index contributed by atoms with van der Waals surface area (Å²) < 4.78 is 5.18. The Morgan fingerprint density at radius 3 is 2.56 bits per heavy atom. The second kappa shape index (κ2) is 6.96. The van der Waals surface area contributed by atoms with Crippen LogP contribution in [0.2, 0.25) is 0 Å². The lowest BCUT2D eigenvalue weighted by Gasteiger charge is -2.41. The fourth-order valence-electron chi connectivity index (χ4n) is 3.11. The number of hydrogen-bond donors (Lipinski definition) is 1. The van der Waals surface area contributed by atoms with Gasteiger partial charge in [0.1, 0.15) is 5.82 Å². The number of nitrogens with zero attached hydrogens (tertiary/aromatic N) is 4. The summed E-state index contributed by atoms with van der Waals surface area (Å²) in [4.78, 5) is 24.2. The molecule has 1 aliphatic rings. The van der Waals surface area contributed by atoms with Gasteiger partial charge < -0.3 is 19.6 Å². The van der Waals surface area contributed by atoms with Crippen molar-refractivity contribution in [2.24, 2.45) is 0 Å². The van der Waals surface area contributed by atoms with Crippen molar-refractivity contribution in [1.82, 2.24) is 9.97 Å². The van der Waals surface area contributed by atoms with Crippen LogP contribution in [0.1, 0.15) is 23.0 Å². The number of ether oxygens (including phenoxy) is 1. The van der Waals surface area contributed by atoms with Crippen molar-refractivity contribution in [3.05, 3.63) is 41.6 Å². The van der Waals surface area contributed by atoms with Crippen molar-refractivity contribution in [2.45, 2.75) is 19.9 Å². The summed E-state index contributed by atoms with van der Waals surface area (Å²) in [7, 11) is 1.57. The predicted octanol–water partition coefficient (Wildman–Crippen LogP) is 2.21. The molecule has 1 aliphatic heterocycles. The Balaban J connectivity index is 1.74. The standard InChI is InChI=1S/C18H22N4O3/c1-12-10-16(20-18(19-12)25-3)22-9-8-21(11-13(22)2)15-6-4-14(5-7-15)17(23)24/h4-7,10,13H,8-9,11H2,1-3H3,(H,23,24)/t13-/m0/s1. The van der Waals surface area contributed by atoms with Crippen molar-refractivity contribution in [2.75, 3.05) is 36.5 Å². The Bertz CT molecular complexity index is 763. The molecule has 132 valence electrons. The van der Waals surface area contributed by atoms with Crippen LogP contribution < -0.4 is 14.5 Å². The summed E-state index contributed by atoms with van der Waals surface area (Å²) in [5.74, 6) is -0.0319. The molecule has 0 saturated carbocycles. The molecule has 0 radical (unpaired) electrons. The van der Waals surface area contributed by atoms with E-state index in [4.69, 9.17) is 9.84 Å². The first kappa shape index (κ1) is 17.0. The molecular formula is C18H22N4O3. The lowest BCUT2D eigenvalue weighted by Crippen LogP contribution is -2.52. The first-order valence-electron chi connectivity index (χ1n) is 8.22. The Hall–Kier alpha value is -2.83. The Morgan fingerprint density at radius 1 is 1.24 bits per heavy atom. The molecule has 1 aromatic carbocycles. The van der Waals surface area contributed by atoms with Gasteiger partial charge in [0.05, 0.1) is 12.7 Å². The molecule has 1 saturated heterocycles. The lowest BCUT2D eigenvalue weighted by molar-refractivity contribution is 0.0697. The summed E-state index contributed by atoms with van der Waals surface area (Å²) >= 11 is 0. The molecule has 7 heteroatoms. The lowest BCUT2D eigenvalue weighted by atomic mass is 10.1. The van der Waals surface area contributed by atoms with Gasteiger partial charge in [0.25, 0.3) is 0 Å². The number of benzene rings is 1. The number of aromatic nitrogens is 2. The maximum Gasteiger partial charge on any atom is 0.335 e. The molecule has 1 N–H and O–H groups in total. The highest BCUT2D eigenvalue weighted by molar-refractivity contribution is 5.88. The predicted molar refractivity (Wildman–Crippen MR) is 95.7 cm³/mol. The molecular weight excluding hydrogens is 320 g/mol. The highest BCUT2D eigenvalue weighted by atomic mass is 16.5. The van der Waals surface area contributed by atoms with Crippen LogP contribution in [0.4, 0.5) is 11.5 Å². The molecule has 3 rings (SSSR count). The summed E-state index contributed by atoms with van der Waals surface area (Å²) in [6.45, 7) is 6.57. The average Bonchev–Trinajstić information content (AvgIpc) is 2.61. The van der Waals surface area contributed by atoms with Gasteiger partial charge >= 0.3 is 12.0 Å². The number of carboxylic acids is 1. The summed E-state index contributed by atoms with van der Waals surface area (Å²) in [6.07, 6.45) is 0. The second-order valence-electron chi connectivity index (χ2n) is 6.19. The van der Waals surface area contributed by atoms with Crippen molar-refractivity contribution >= 4 is 17.5 Å². The summed E-state index contributed by atoms with van der Waals surface area (Å²) in [6, 6.07) is 9.63. The van der Waals surface area contributed by atoms with Gasteiger partial charge in [-0.25, -0.2) is 9.78 Å². The maximum absolute atomic E-state index is 11.0. The molecule has 0 spiro atoms. The first-order chi connectivity index (χ1) is 12.0. The Kier molecular flexibility index (Phi) is 4.74. The number of carbonyl (C=O) groups is 1. The topological polar surface area (TPSA) is 78.8 Å². The van der Waals surface area contributed by atoms with E-state index in [2.05, 4.69) is 26.7 Å². The number of rotatable bonds is 4. The third-order valence-corrected chi connectivity index (χ3v) is 4.40. The molecule has 0 aliphatic carbocycles. The van der Waals surface area contributed by atoms with Crippen LogP contribution in [0.15, 0.2) is 30.3 Å². The Labute approximate surface area is 146 Å². The number of methoxy groups -OCH3 is 1. The van der Waals surface area contributed by atoms with E-state index in [0.717, 1.165) is 36.8 Å². The molecule has 25 heavy (non-hydrogen) atoms. The second-order valence-corrected chi connectivity index (χ2v) is 6.19. The molecule has 1 atom stereocenters. The number of carboxylic acid groups (broad SMARTS) is 1. The van der Waals surface area contributed by atoms with Crippen LogP contribution in [0.25, 0.3) is 0 Å². The van der Waals surface area contributed by atoms with Crippen LogP contribution in [0.5, 0.6) is 6.01 Å². The average molecular weight is 342 g/mol. The van der Waals surface area contributed by atoms with Gasteiger partial charge in [-0.15, -0.1) is 0 Å². The molecule has 0 unspecified atom stereocenters. The zero-order valence-corrected chi connectivity index (χ0v) is 14.6. The molecule has 7 nitrogen and oxygen atoms in total. The molecule has 1 fully saturated rings. The van der Waals surface area contributed by atoms with E-state index in [9.17, 15) is 4.79 Å². The highest BCUT2D eigenvalue weighted by Gasteiger charge is 2.25. The number of aromatic carboxylic acids is 1. The van der Waals surface area contributed by atoms with Gasteiger partial charge in [-0.05, 0) is 38.1 Å².